The highest BCUT2D eigenvalue weighted by Gasteiger charge is 2.17. The number of aromatic amines is 1. The highest BCUT2D eigenvalue weighted by molar-refractivity contribution is 5.12. The van der Waals surface area contributed by atoms with Gasteiger partial charge in [-0.15, -0.1) is 0 Å². The molecule has 0 amide bonds. The van der Waals surface area contributed by atoms with Crippen molar-refractivity contribution in [3.63, 3.8) is 0 Å². The Labute approximate surface area is 89.9 Å². The summed E-state index contributed by atoms with van der Waals surface area (Å²) in [7, 11) is 0. The predicted octanol–water partition coefficient (Wildman–Crippen LogP) is 0.957. The summed E-state index contributed by atoms with van der Waals surface area (Å²) in [5.41, 5.74) is 6.26. The van der Waals surface area contributed by atoms with E-state index >= 15 is 0 Å². The molecule has 0 aliphatic heterocycles. The third kappa shape index (κ3) is 3.47. The molecule has 1 aromatic rings. The molecule has 1 aromatic heterocycles. The minimum Gasteiger partial charge on any atom is -0.328 e. The summed E-state index contributed by atoms with van der Waals surface area (Å²) >= 11 is 0. The fourth-order valence-corrected chi connectivity index (χ4v) is 1.29. The van der Waals surface area contributed by atoms with Crippen molar-refractivity contribution in [1.29, 1.82) is 0 Å². The standard InChI is InChI=1S/C11H19N3O/c1-7(12)5-9-13-8(11(2,3)4)6-10(15)14-9/h6-7H,5,12H2,1-4H3,(H,13,14,15). The van der Waals surface area contributed by atoms with Gasteiger partial charge in [-0.2, -0.15) is 0 Å². The molecule has 4 nitrogen and oxygen atoms in total. The van der Waals surface area contributed by atoms with E-state index in [-0.39, 0.29) is 17.0 Å². The highest BCUT2D eigenvalue weighted by Crippen LogP contribution is 2.18. The van der Waals surface area contributed by atoms with Gasteiger partial charge in [0, 0.05) is 23.9 Å². The first kappa shape index (κ1) is 11.9. The molecule has 3 N–H and O–H groups in total. The normalized spacial score (nSPS) is 13.9. The first-order chi connectivity index (χ1) is 6.79. The van der Waals surface area contributed by atoms with Crippen LogP contribution < -0.4 is 11.3 Å². The molecule has 0 bridgehead atoms. The summed E-state index contributed by atoms with van der Waals surface area (Å²) in [6.45, 7) is 7.99. The maximum Gasteiger partial charge on any atom is 0.251 e. The van der Waals surface area contributed by atoms with Crippen molar-refractivity contribution in [3.05, 3.63) is 27.9 Å². The SMILES string of the molecule is CC(N)Cc1nc(C(C)(C)C)cc(=O)[nH]1. The first-order valence-electron chi connectivity index (χ1n) is 5.15. The van der Waals surface area contributed by atoms with Gasteiger partial charge < -0.3 is 10.7 Å². The van der Waals surface area contributed by atoms with Gasteiger partial charge in [0.1, 0.15) is 5.82 Å². The fraction of sp³-hybridized carbons (Fsp3) is 0.636. The van der Waals surface area contributed by atoms with E-state index in [4.69, 9.17) is 5.73 Å². The van der Waals surface area contributed by atoms with Crippen LogP contribution in [0, 0.1) is 0 Å². The van der Waals surface area contributed by atoms with Gasteiger partial charge in [-0.05, 0) is 6.92 Å². The molecule has 1 heterocycles. The van der Waals surface area contributed by atoms with Gasteiger partial charge >= 0.3 is 0 Å². The monoisotopic (exact) mass is 209 g/mol. The van der Waals surface area contributed by atoms with Crippen molar-refractivity contribution in [3.8, 4) is 0 Å². The number of rotatable bonds is 2. The summed E-state index contributed by atoms with van der Waals surface area (Å²) in [6, 6.07) is 1.55. The molecule has 0 aromatic carbocycles. The number of hydrogen-bond acceptors (Lipinski definition) is 3. The fourth-order valence-electron chi connectivity index (χ4n) is 1.29. The maximum atomic E-state index is 11.4. The predicted molar refractivity (Wildman–Crippen MR) is 60.9 cm³/mol. The van der Waals surface area contributed by atoms with Crippen LogP contribution >= 0.6 is 0 Å². The molecule has 1 rings (SSSR count). The molecule has 1 atom stereocenters. The average Bonchev–Trinajstić information content (AvgIpc) is 1.99. The Morgan fingerprint density at radius 1 is 1.53 bits per heavy atom. The van der Waals surface area contributed by atoms with E-state index in [1.165, 1.54) is 0 Å². The summed E-state index contributed by atoms with van der Waals surface area (Å²) < 4.78 is 0. The zero-order valence-electron chi connectivity index (χ0n) is 9.79. The minimum absolute atomic E-state index is 0.00312. The summed E-state index contributed by atoms with van der Waals surface area (Å²) in [5, 5.41) is 0. The van der Waals surface area contributed by atoms with Crippen molar-refractivity contribution in [2.45, 2.75) is 45.6 Å². The minimum atomic E-state index is -0.110. The highest BCUT2D eigenvalue weighted by atomic mass is 16.1. The zero-order chi connectivity index (χ0) is 11.6. The van der Waals surface area contributed by atoms with Crippen molar-refractivity contribution < 1.29 is 0 Å². The Kier molecular flexibility index (Phi) is 3.29. The van der Waals surface area contributed by atoms with Crippen molar-refractivity contribution in [1.82, 2.24) is 9.97 Å². The van der Waals surface area contributed by atoms with Crippen molar-refractivity contribution in [2.24, 2.45) is 5.73 Å². The maximum absolute atomic E-state index is 11.4. The van der Waals surface area contributed by atoms with E-state index in [1.54, 1.807) is 6.07 Å². The number of H-pyrrole nitrogens is 1. The largest absolute Gasteiger partial charge is 0.328 e. The van der Waals surface area contributed by atoms with Crippen LogP contribution in [0.25, 0.3) is 0 Å². The van der Waals surface area contributed by atoms with Gasteiger partial charge in [0.05, 0.1) is 5.69 Å². The molecule has 0 fully saturated rings. The Morgan fingerprint density at radius 3 is 2.60 bits per heavy atom. The number of nitrogens with two attached hydrogens (primary N) is 1. The summed E-state index contributed by atoms with van der Waals surface area (Å²) in [6.07, 6.45) is 0.596. The van der Waals surface area contributed by atoms with Gasteiger partial charge in [0.15, 0.2) is 0 Å². The zero-order valence-corrected chi connectivity index (χ0v) is 9.79. The Hall–Kier alpha value is -1.16. The van der Waals surface area contributed by atoms with E-state index in [9.17, 15) is 4.79 Å². The molecule has 84 valence electrons. The third-order valence-electron chi connectivity index (χ3n) is 2.07. The lowest BCUT2D eigenvalue weighted by Gasteiger charge is -2.18. The van der Waals surface area contributed by atoms with Gasteiger partial charge in [0.2, 0.25) is 0 Å². The second-order valence-corrected chi connectivity index (χ2v) is 5.01. The van der Waals surface area contributed by atoms with Crippen LogP contribution in [0.4, 0.5) is 0 Å². The second-order valence-electron chi connectivity index (χ2n) is 5.01. The lowest BCUT2D eigenvalue weighted by atomic mass is 9.92. The summed E-state index contributed by atoms with van der Waals surface area (Å²) in [4.78, 5) is 18.5. The number of nitrogens with zero attached hydrogens (tertiary/aromatic N) is 1. The van der Waals surface area contributed by atoms with Crippen LogP contribution in [-0.2, 0) is 11.8 Å². The van der Waals surface area contributed by atoms with E-state index in [0.29, 0.717) is 12.2 Å². The number of aromatic nitrogens is 2. The Morgan fingerprint density at radius 2 is 2.13 bits per heavy atom. The van der Waals surface area contributed by atoms with Crippen LogP contribution in [0.3, 0.4) is 0 Å². The van der Waals surface area contributed by atoms with Crippen LogP contribution in [-0.4, -0.2) is 16.0 Å². The van der Waals surface area contributed by atoms with Gasteiger partial charge in [-0.1, -0.05) is 20.8 Å². The first-order valence-corrected chi connectivity index (χ1v) is 5.15. The van der Waals surface area contributed by atoms with Crippen molar-refractivity contribution in [2.75, 3.05) is 0 Å². The van der Waals surface area contributed by atoms with Gasteiger partial charge in [-0.25, -0.2) is 4.98 Å². The molecular weight excluding hydrogens is 190 g/mol. The van der Waals surface area contributed by atoms with Crippen LogP contribution in [0.5, 0.6) is 0 Å². The topological polar surface area (TPSA) is 71.8 Å². The number of nitrogens with one attached hydrogen (secondary N) is 1. The lowest BCUT2D eigenvalue weighted by molar-refractivity contribution is 0.556. The van der Waals surface area contributed by atoms with Crippen LogP contribution in [0.1, 0.15) is 39.2 Å². The molecule has 1 unspecified atom stereocenters. The summed E-state index contributed by atoms with van der Waals surface area (Å²) in [5.74, 6) is 0.669. The van der Waals surface area contributed by atoms with E-state index in [0.717, 1.165) is 5.69 Å². The van der Waals surface area contributed by atoms with E-state index in [2.05, 4.69) is 9.97 Å². The molecular formula is C11H19N3O. The van der Waals surface area contributed by atoms with E-state index in [1.807, 2.05) is 27.7 Å². The number of hydrogen-bond donors (Lipinski definition) is 2. The molecule has 0 spiro atoms. The average molecular weight is 209 g/mol. The molecule has 0 radical (unpaired) electrons. The van der Waals surface area contributed by atoms with Gasteiger partial charge in [0.25, 0.3) is 5.56 Å². The Bertz CT molecular complexity index is 388. The molecule has 0 aliphatic carbocycles. The quantitative estimate of drug-likeness (QED) is 0.762. The molecule has 0 saturated carbocycles. The molecule has 0 saturated heterocycles. The lowest BCUT2D eigenvalue weighted by Crippen LogP contribution is -2.25. The van der Waals surface area contributed by atoms with Gasteiger partial charge in [-0.3, -0.25) is 4.79 Å². The molecule has 15 heavy (non-hydrogen) atoms. The molecule has 0 aliphatic rings. The molecule has 4 heteroatoms. The van der Waals surface area contributed by atoms with E-state index < -0.39 is 0 Å². The van der Waals surface area contributed by atoms with Crippen molar-refractivity contribution >= 4 is 0 Å². The van der Waals surface area contributed by atoms with Crippen LogP contribution in [0.15, 0.2) is 10.9 Å². The second kappa shape index (κ2) is 4.14. The Balaban J connectivity index is 3.11. The third-order valence-corrected chi connectivity index (χ3v) is 2.07. The smallest absolute Gasteiger partial charge is 0.251 e. The van der Waals surface area contributed by atoms with Crippen LogP contribution in [0.2, 0.25) is 0 Å².